The van der Waals surface area contributed by atoms with Gasteiger partial charge in [-0.3, -0.25) is 4.79 Å². The van der Waals surface area contributed by atoms with Crippen LogP contribution < -0.4 is 14.8 Å². The molecule has 0 aliphatic heterocycles. The summed E-state index contributed by atoms with van der Waals surface area (Å²) in [5, 5.41) is 3.30. The number of nitrogens with one attached hydrogen (secondary N) is 2. The third kappa shape index (κ3) is 5.95. The SMILES string of the molecule is CC(C)NS(=O)(=O)c1cccc(C(=O)Nc2ccccc2Oc2ncc(Cl)cc2Cl)c1. The molecule has 0 saturated heterocycles. The van der Waals surface area contributed by atoms with E-state index in [9.17, 15) is 13.2 Å². The van der Waals surface area contributed by atoms with Crippen molar-refractivity contribution in [2.45, 2.75) is 24.8 Å². The zero-order valence-electron chi connectivity index (χ0n) is 16.6. The first-order valence-electron chi connectivity index (χ1n) is 9.17. The van der Waals surface area contributed by atoms with Crippen molar-refractivity contribution in [3.63, 3.8) is 0 Å². The summed E-state index contributed by atoms with van der Waals surface area (Å²) in [6, 6.07) is 13.7. The van der Waals surface area contributed by atoms with Gasteiger partial charge in [0.25, 0.3) is 5.91 Å². The van der Waals surface area contributed by atoms with Crippen LogP contribution in [0.1, 0.15) is 24.2 Å². The van der Waals surface area contributed by atoms with Gasteiger partial charge in [-0.1, -0.05) is 41.4 Å². The molecule has 0 spiro atoms. The summed E-state index contributed by atoms with van der Waals surface area (Å²) in [5.74, 6) is -0.0775. The minimum atomic E-state index is -3.73. The van der Waals surface area contributed by atoms with Crippen molar-refractivity contribution in [1.82, 2.24) is 9.71 Å². The molecular formula is C21H19Cl2N3O4S. The van der Waals surface area contributed by atoms with E-state index < -0.39 is 15.9 Å². The van der Waals surface area contributed by atoms with Crippen LogP contribution in [-0.2, 0) is 10.0 Å². The number of rotatable bonds is 7. The predicted octanol–water partition coefficient (Wildman–Crippen LogP) is 5.12. The Hall–Kier alpha value is -2.65. The van der Waals surface area contributed by atoms with Gasteiger partial charge in [0.2, 0.25) is 15.9 Å². The van der Waals surface area contributed by atoms with Crippen LogP contribution in [0.3, 0.4) is 0 Å². The van der Waals surface area contributed by atoms with E-state index in [1.807, 2.05) is 0 Å². The molecule has 0 aliphatic rings. The third-order valence-corrected chi connectivity index (χ3v) is 6.05. The summed E-state index contributed by atoms with van der Waals surface area (Å²) < 4.78 is 33.0. The van der Waals surface area contributed by atoms with Gasteiger partial charge in [-0.25, -0.2) is 18.1 Å². The zero-order chi connectivity index (χ0) is 22.6. The van der Waals surface area contributed by atoms with E-state index >= 15 is 0 Å². The van der Waals surface area contributed by atoms with Crippen LogP contribution >= 0.6 is 23.2 Å². The Balaban J connectivity index is 1.84. The molecule has 3 rings (SSSR count). The summed E-state index contributed by atoms with van der Waals surface area (Å²) in [6.45, 7) is 3.43. The fraction of sp³-hybridized carbons (Fsp3) is 0.143. The Kier molecular flexibility index (Phi) is 7.17. The highest BCUT2D eigenvalue weighted by Gasteiger charge is 2.18. The van der Waals surface area contributed by atoms with Crippen LogP contribution in [0.5, 0.6) is 11.6 Å². The molecule has 0 atom stereocenters. The molecule has 7 nitrogen and oxygen atoms in total. The Morgan fingerprint density at radius 1 is 1.06 bits per heavy atom. The number of nitrogens with zero attached hydrogens (tertiary/aromatic N) is 1. The fourth-order valence-electron chi connectivity index (χ4n) is 2.62. The first kappa shape index (κ1) is 23.0. The molecular weight excluding hydrogens is 461 g/mol. The van der Waals surface area contributed by atoms with E-state index in [0.717, 1.165) is 0 Å². The van der Waals surface area contributed by atoms with Crippen LogP contribution in [0.25, 0.3) is 0 Å². The van der Waals surface area contributed by atoms with Gasteiger partial charge in [0.15, 0.2) is 5.75 Å². The lowest BCUT2D eigenvalue weighted by Gasteiger charge is -2.13. The van der Waals surface area contributed by atoms with E-state index in [-0.39, 0.29) is 27.4 Å². The number of amides is 1. The first-order valence-corrected chi connectivity index (χ1v) is 11.4. The van der Waals surface area contributed by atoms with Crippen LogP contribution in [0.15, 0.2) is 65.7 Å². The Morgan fingerprint density at radius 3 is 2.52 bits per heavy atom. The number of para-hydroxylation sites is 2. The number of aromatic nitrogens is 1. The Labute approximate surface area is 190 Å². The minimum Gasteiger partial charge on any atom is -0.435 e. The van der Waals surface area contributed by atoms with Crippen molar-refractivity contribution in [2.24, 2.45) is 0 Å². The van der Waals surface area contributed by atoms with Gasteiger partial charge in [0.1, 0.15) is 5.02 Å². The van der Waals surface area contributed by atoms with Gasteiger partial charge >= 0.3 is 0 Å². The van der Waals surface area contributed by atoms with Crippen molar-refractivity contribution < 1.29 is 17.9 Å². The van der Waals surface area contributed by atoms with Crippen LogP contribution in [0.2, 0.25) is 10.0 Å². The predicted molar refractivity (Wildman–Crippen MR) is 121 cm³/mol. The van der Waals surface area contributed by atoms with Crippen molar-refractivity contribution in [2.75, 3.05) is 5.32 Å². The van der Waals surface area contributed by atoms with Crippen molar-refractivity contribution in [3.8, 4) is 11.6 Å². The lowest BCUT2D eigenvalue weighted by atomic mass is 10.2. The smallest absolute Gasteiger partial charge is 0.255 e. The molecule has 2 N–H and O–H groups in total. The number of anilines is 1. The highest BCUT2D eigenvalue weighted by atomic mass is 35.5. The average Bonchev–Trinajstić information content (AvgIpc) is 2.70. The summed E-state index contributed by atoms with van der Waals surface area (Å²) in [4.78, 5) is 16.8. The third-order valence-electron chi connectivity index (χ3n) is 3.91. The lowest BCUT2D eigenvalue weighted by Crippen LogP contribution is -2.30. The first-order chi connectivity index (χ1) is 14.7. The molecule has 0 bridgehead atoms. The molecule has 1 amide bonds. The van der Waals surface area contributed by atoms with E-state index in [2.05, 4.69) is 15.0 Å². The monoisotopic (exact) mass is 479 g/mol. The van der Waals surface area contributed by atoms with Crippen molar-refractivity contribution in [1.29, 1.82) is 0 Å². The maximum absolute atomic E-state index is 12.8. The molecule has 3 aromatic rings. The normalized spacial score (nSPS) is 11.4. The second-order valence-corrected chi connectivity index (χ2v) is 9.35. The summed E-state index contributed by atoms with van der Waals surface area (Å²) >= 11 is 12.0. The summed E-state index contributed by atoms with van der Waals surface area (Å²) in [6.07, 6.45) is 1.39. The Bertz CT molecular complexity index is 1220. The minimum absolute atomic E-state index is 0.00414. The quantitative estimate of drug-likeness (QED) is 0.489. The van der Waals surface area contributed by atoms with Gasteiger partial charge in [-0.2, -0.15) is 0 Å². The number of benzene rings is 2. The van der Waals surface area contributed by atoms with Crippen LogP contribution in [0.4, 0.5) is 5.69 Å². The molecule has 162 valence electrons. The topological polar surface area (TPSA) is 97.4 Å². The molecule has 0 aliphatic carbocycles. The highest BCUT2D eigenvalue weighted by Crippen LogP contribution is 2.33. The number of halogens is 2. The van der Waals surface area contributed by atoms with Gasteiger partial charge in [-0.15, -0.1) is 0 Å². The second kappa shape index (κ2) is 9.65. The number of pyridine rings is 1. The molecule has 0 saturated carbocycles. The zero-order valence-corrected chi connectivity index (χ0v) is 18.9. The van der Waals surface area contributed by atoms with E-state index in [0.29, 0.717) is 16.5 Å². The molecule has 10 heteroatoms. The van der Waals surface area contributed by atoms with Gasteiger partial charge < -0.3 is 10.1 Å². The van der Waals surface area contributed by atoms with Gasteiger partial charge in [0, 0.05) is 17.8 Å². The lowest BCUT2D eigenvalue weighted by molar-refractivity contribution is 0.102. The van der Waals surface area contributed by atoms with Gasteiger partial charge in [0.05, 0.1) is 15.6 Å². The molecule has 1 heterocycles. The summed E-state index contributed by atoms with van der Waals surface area (Å²) in [7, 11) is -3.73. The maximum atomic E-state index is 12.8. The molecule has 1 aromatic heterocycles. The van der Waals surface area contributed by atoms with Gasteiger partial charge in [-0.05, 0) is 50.2 Å². The fourth-order valence-corrected chi connectivity index (χ4v) is 4.33. The Morgan fingerprint density at radius 2 is 1.81 bits per heavy atom. The van der Waals surface area contributed by atoms with E-state index in [1.165, 1.54) is 36.5 Å². The number of carbonyl (C=O) groups is 1. The molecule has 0 fully saturated rings. The molecule has 2 aromatic carbocycles. The van der Waals surface area contributed by atoms with E-state index in [4.69, 9.17) is 27.9 Å². The van der Waals surface area contributed by atoms with Crippen molar-refractivity contribution >= 4 is 44.8 Å². The van der Waals surface area contributed by atoms with Crippen molar-refractivity contribution in [3.05, 3.63) is 76.4 Å². The largest absolute Gasteiger partial charge is 0.435 e. The molecule has 0 radical (unpaired) electrons. The standard InChI is InChI=1S/C21H19Cl2N3O4S/c1-13(2)26-31(28,29)16-7-5-6-14(10-16)20(27)25-18-8-3-4-9-19(18)30-21-17(23)11-15(22)12-24-21/h3-13,26H,1-2H3,(H,25,27). The highest BCUT2D eigenvalue weighted by molar-refractivity contribution is 7.89. The number of hydrogen-bond acceptors (Lipinski definition) is 5. The van der Waals surface area contributed by atoms with Crippen LogP contribution in [0, 0.1) is 0 Å². The second-order valence-electron chi connectivity index (χ2n) is 6.80. The number of sulfonamides is 1. The summed E-state index contributed by atoms with van der Waals surface area (Å²) in [5.41, 5.74) is 0.526. The maximum Gasteiger partial charge on any atom is 0.255 e. The van der Waals surface area contributed by atoms with E-state index in [1.54, 1.807) is 38.1 Å². The number of hydrogen-bond donors (Lipinski definition) is 2. The average molecular weight is 480 g/mol. The number of ether oxygens (including phenoxy) is 1. The van der Waals surface area contributed by atoms with Crippen LogP contribution in [-0.4, -0.2) is 25.4 Å². The number of carbonyl (C=O) groups excluding carboxylic acids is 1. The molecule has 31 heavy (non-hydrogen) atoms. The molecule has 0 unspecified atom stereocenters.